The summed E-state index contributed by atoms with van der Waals surface area (Å²) in [6, 6.07) is 17.3. The highest BCUT2D eigenvalue weighted by Crippen LogP contribution is 2.37. The van der Waals surface area contributed by atoms with Gasteiger partial charge in [-0.05, 0) is 74.6 Å². The van der Waals surface area contributed by atoms with Gasteiger partial charge in [-0.15, -0.1) is 0 Å². The molecule has 0 aromatic heterocycles. The first kappa shape index (κ1) is 23.4. The van der Waals surface area contributed by atoms with Gasteiger partial charge in [0.15, 0.2) is 0 Å². The van der Waals surface area contributed by atoms with Crippen LogP contribution in [0.2, 0.25) is 0 Å². The predicted octanol–water partition coefficient (Wildman–Crippen LogP) is 6.31. The van der Waals surface area contributed by atoms with Gasteiger partial charge in [0.25, 0.3) is 0 Å². The van der Waals surface area contributed by atoms with Crippen molar-refractivity contribution in [2.24, 2.45) is 0 Å². The monoisotopic (exact) mass is 438 g/mol. The largest absolute Gasteiger partial charge is 0.374 e. The third kappa shape index (κ3) is 5.79. The fourth-order valence-corrected chi connectivity index (χ4v) is 4.71. The molecule has 0 radical (unpaired) electrons. The Bertz CT molecular complexity index is 748. The zero-order valence-corrected chi connectivity index (χ0v) is 19.7. The van der Waals surface area contributed by atoms with Crippen LogP contribution in [0.4, 0.5) is 0 Å². The van der Waals surface area contributed by atoms with Gasteiger partial charge in [-0.3, -0.25) is 0 Å². The van der Waals surface area contributed by atoms with Crippen molar-refractivity contribution < 1.29 is 18.9 Å². The lowest BCUT2D eigenvalue weighted by Crippen LogP contribution is -2.44. The summed E-state index contributed by atoms with van der Waals surface area (Å²) in [6.45, 7) is 8.30. The Balaban J connectivity index is 1.23. The molecule has 4 rings (SSSR count). The number of hydrogen-bond acceptors (Lipinski definition) is 4. The summed E-state index contributed by atoms with van der Waals surface area (Å²) in [6.07, 6.45) is 6.97. The first-order valence-corrected chi connectivity index (χ1v) is 12.3. The predicted molar refractivity (Wildman–Crippen MR) is 128 cm³/mol. The maximum atomic E-state index is 5.98. The van der Waals surface area contributed by atoms with Crippen molar-refractivity contribution in [3.05, 3.63) is 59.7 Å². The van der Waals surface area contributed by atoms with Crippen molar-refractivity contribution in [3.63, 3.8) is 0 Å². The molecule has 4 heteroatoms. The smallest absolute Gasteiger partial charge is 0.0914 e. The number of benzene rings is 2. The number of hydrogen-bond donors (Lipinski definition) is 0. The average molecular weight is 439 g/mol. The molecular formula is C28H38O4. The van der Waals surface area contributed by atoms with Crippen LogP contribution in [0, 0.1) is 0 Å². The maximum Gasteiger partial charge on any atom is 0.0914 e. The van der Waals surface area contributed by atoms with E-state index in [9.17, 15) is 0 Å². The van der Waals surface area contributed by atoms with Gasteiger partial charge in [0.2, 0.25) is 0 Å². The van der Waals surface area contributed by atoms with E-state index in [2.05, 4.69) is 62.4 Å². The summed E-state index contributed by atoms with van der Waals surface area (Å²) in [7, 11) is 0. The van der Waals surface area contributed by atoms with E-state index in [0.717, 1.165) is 38.9 Å². The highest BCUT2D eigenvalue weighted by Gasteiger charge is 2.38. The lowest BCUT2D eigenvalue weighted by molar-refractivity contribution is -0.141. The molecular weight excluding hydrogens is 400 g/mol. The van der Waals surface area contributed by atoms with Gasteiger partial charge in [-0.2, -0.15) is 0 Å². The third-order valence-electron chi connectivity index (χ3n) is 6.94. The topological polar surface area (TPSA) is 36.9 Å². The molecule has 32 heavy (non-hydrogen) atoms. The molecule has 0 heterocycles. The highest BCUT2D eigenvalue weighted by molar-refractivity contribution is 5.63. The summed E-state index contributed by atoms with van der Waals surface area (Å²) in [5.74, 6) is 0. The lowest BCUT2D eigenvalue weighted by atomic mass is 9.80. The molecule has 0 spiro atoms. The summed E-state index contributed by atoms with van der Waals surface area (Å²) in [5, 5.41) is 0. The van der Waals surface area contributed by atoms with E-state index in [1.165, 1.54) is 35.1 Å². The molecule has 0 aliphatic heterocycles. The van der Waals surface area contributed by atoms with Crippen LogP contribution in [0.15, 0.2) is 48.5 Å². The van der Waals surface area contributed by atoms with Gasteiger partial charge >= 0.3 is 0 Å². The molecule has 2 aromatic rings. The van der Waals surface area contributed by atoms with Gasteiger partial charge in [-0.25, -0.2) is 0 Å². The van der Waals surface area contributed by atoms with Crippen LogP contribution in [0.25, 0.3) is 11.1 Å². The van der Waals surface area contributed by atoms with Crippen LogP contribution in [-0.4, -0.2) is 37.6 Å². The van der Waals surface area contributed by atoms with E-state index < -0.39 is 0 Å². The fourth-order valence-electron chi connectivity index (χ4n) is 4.71. The normalized spacial score (nSPS) is 18.7. The SMILES string of the molecule is CCOC1(COCc2ccc(-c3ccc(COCC4(OCC)CCC4)cc3)cc2)CCC1. The van der Waals surface area contributed by atoms with Gasteiger partial charge in [0.05, 0.1) is 37.6 Å². The number of rotatable bonds is 13. The first-order chi connectivity index (χ1) is 15.7. The summed E-state index contributed by atoms with van der Waals surface area (Å²) < 4.78 is 23.8. The van der Waals surface area contributed by atoms with Crippen LogP contribution in [0.3, 0.4) is 0 Å². The Hall–Kier alpha value is -1.72. The van der Waals surface area contributed by atoms with E-state index in [0.29, 0.717) is 26.4 Å². The fraction of sp³-hybridized carbons (Fsp3) is 0.571. The minimum Gasteiger partial charge on any atom is -0.374 e. The van der Waals surface area contributed by atoms with Crippen molar-refractivity contribution in [2.75, 3.05) is 26.4 Å². The van der Waals surface area contributed by atoms with Crippen LogP contribution < -0.4 is 0 Å². The Morgan fingerprint density at radius 2 is 0.969 bits per heavy atom. The Labute approximate surface area is 193 Å². The average Bonchev–Trinajstić information content (AvgIpc) is 2.77. The Kier molecular flexibility index (Phi) is 8.01. The zero-order valence-electron chi connectivity index (χ0n) is 19.7. The lowest BCUT2D eigenvalue weighted by Gasteiger charge is -2.41. The highest BCUT2D eigenvalue weighted by atomic mass is 16.5. The van der Waals surface area contributed by atoms with E-state index in [-0.39, 0.29) is 11.2 Å². The van der Waals surface area contributed by atoms with Crippen molar-refractivity contribution in [3.8, 4) is 11.1 Å². The van der Waals surface area contributed by atoms with Gasteiger partial charge in [0.1, 0.15) is 0 Å². The van der Waals surface area contributed by atoms with Crippen LogP contribution in [0.1, 0.15) is 63.5 Å². The van der Waals surface area contributed by atoms with Crippen molar-refractivity contribution >= 4 is 0 Å². The molecule has 2 aromatic carbocycles. The molecule has 2 fully saturated rings. The molecule has 2 saturated carbocycles. The molecule has 0 atom stereocenters. The summed E-state index contributed by atoms with van der Waals surface area (Å²) >= 11 is 0. The van der Waals surface area contributed by atoms with Crippen molar-refractivity contribution in [1.82, 2.24) is 0 Å². The van der Waals surface area contributed by atoms with E-state index >= 15 is 0 Å². The van der Waals surface area contributed by atoms with Crippen LogP contribution in [-0.2, 0) is 32.2 Å². The van der Waals surface area contributed by atoms with Crippen LogP contribution >= 0.6 is 0 Å². The second kappa shape index (κ2) is 10.9. The zero-order chi connectivity index (χ0) is 22.3. The molecule has 0 bridgehead atoms. The Morgan fingerprint density at radius 3 is 1.25 bits per heavy atom. The summed E-state index contributed by atoms with van der Waals surface area (Å²) in [5.41, 5.74) is 4.78. The van der Waals surface area contributed by atoms with Gasteiger partial charge < -0.3 is 18.9 Å². The second-order valence-corrected chi connectivity index (χ2v) is 9.32. The quantitative estimate of drug-likeness (QED) is 0.367. The molecule has 0 saturated heterocycles. The molecule has 2 aliphatic carbocycles. The van der Waals surface area contributed by atoms with E-state index in [1.54, 1.807) is 0 Å². The second-order valence-electron chi connectivity index (χ2n) is 9.32. The molecule has 0 N–H and O–H groups in total. The summed E-state index contributed by atoms with van der Waals surface area (Å²) in [4.78, 5) is 0. The minimum absolute atomic E-state index is 0.0262. The van der Waals surface area contributed by atoms with E-state index in [1.807, 2.05) is 0 Å². The number of ether oxygens (including phenoxy) is 4. The Morgan fingerprint density at radius 1 is 0.594 bits per heavy atom. The van der Waals surface area contributed by atoms with E-state index in [4.69, 9.17) is 18.9 Å². The van der Waals surface area contributed by atoms with Crippen molar-refractivity contribution in [1.29, 1.82) is 0 Å². The third-order valence-corrected chi connectivity index (χ3v) is 6.94. The molecule has 174 valence electrons. The molecule has 4 nitrogen and oxygen atoms in total. The molecule has 0 unspecified atom stereocenters. The van der Waals surface area contributed by atoms with Gasteiger partial charge in [-0.1, -0.05) is 48.5 Å². The molecule has 0 amide bonds. The maximum absolute atomic E-state index is 5.98. The minimum atomic E-state index is -0.0262. The van der Waals surface area contributed by atoms with Crippen molar-refractivity contribution in [2.45, 2.75) is 76.8 Å². The standard InChI is InChI=1S/C28H38O4/c1-3-31-27(15-5-16-27)21-29-19-23-7-11-25(12-8-23)26-13-9-24(10-14-26)20-30-22-28(32-4-2)17-6-18-28/h7-14H,3-6,15-22H2,1-2H3. The van der Waals surface area contributed by atoms with Crippen LogP contribution in [0.5, 0.6) is 0 Å². The first-order valence-electron chi connectivity index (χ1n) is 12.3. The van der Waals surface area contributed by atoms with Gasteiger partial charge in [0, 0.05) is 13.2 Å². The molecule has 2 aliphatic rings.